The van der Waals surface area contributed by atoms with E-state index in [1.165, 1.54) is 0 Å². The number of aliphatic carboxylic acids is 1. The van der Waals surface area contributed by atoms with Gasteiger partial charge < -0.3 is 5.11 Å². The first-order valence-corrected chi connectivity index (χ1v) is 11.5. The highest BCUT2D eigenvalue weighted by Crippen LogP contribution is 2.41. The lowest BCUT2D eigenvalue weighted by molar-refractivity contribution is -0.136. The number of hydrogen-bond acceptors (Lipinski definition) is 6. The lowest BCUT2D eigenvalue weighted by atomic mass is 9.94. The van der Waals surface area contributed by atoms with E-state index in [2.05, 4.69) is 4.99 Å². The van der Waals surface area contributed by atoms with Gasteiger partial charge in [-0.1, -0.05) is 0 Å². The molecule has 2 aliphatic rings. The molecule has 0 amide bonds. The van der Waals surface area contributed by atoms with E-state index in [9.17, 15) is 26.0 Å². The predicted molar refractivity (Wildman–Crippen MR) is 100.0 cm³/mol. The smallest absolute Gasteiger partial charge is 0.307 e. The molecule has 0 saturated heterocycles. The summed E-state index contributed by atoms with van der Waals surface area (Å²) in [6.07, 6.45) is 1.62. The minimum Gasteiger partial charge on any atom is -0.481 e. The van der Waals surface area contributed by atoms with Gasteiger partial charge >= 0.3 is 5.97 Å². The molecule has 7 nitrogen and oxygen atoms in total. The van der Waals surface area contributed by atoms with E-state index in [-0.39, 0.29) is 27.4 Å². The van der Waals surface area contributed by atoms with Gasteiger partial charge in [0, 0.05) is 23.9 Å². The topological polar surface area (TPSA) is 118 Å². The van der Waals surface area contributed by atoms with Crippen LogP contribution in [0, 0.1) is 0 Å². The Kier molecular flexibility index (Phi) is 4.88. The number of nitrogens with zero attached hydrogens (tertiary/aromatic N) is 1. The van der Waals surface area contributed by atoms with E-state index in [4.69, 9.17) is 5.11 Å². The minimum atomic E-state index is -4.39. The van der Waals surface area contributed by atoms with Crippen molar-refractivity contribution in [3.8, 4) is 0 Å². The maximum absolute atomic E-state index is 14.7. The Hall–Kier alpha value is -2.59. The molecule has 1 aromatic carbocycles. The summed E-state index contributed by atoms with van der Waals surface area (Å²) in [5.74, 6) is -2.18. The number of hydrogen-bond donors (Lipinski definition) is 1. The van der Waals surface area contributed by atoms with Gasteiger partial charge in [0.15, 0.2) is 9.84 Å². The summed E-state index contributed by atoms with van der Waals surface area (Å²) >= 11 is 0. The largest absolute Gasteiger partial charge is 0.481 e. The number of sulfone groups is 2. The van der Waals surface area contributed by atoms with Gasteiger partial charge in [0.05, 0.1) is 21.9 Å². The first kappa shape index (κ1) is 20.2. The first-order valence-electron chi connectivity index (χ1n) is 8.08. The number of rotatable bonds is 5. The molecule has 0 radical (unpaired) electrons. The van der Waals surface area contributed by atoms with Crippen molar-refractivity contribution < 1.29 is 31.1 Å². The lowest BCUT2D eigenvalue weighted by Crippen LogP contribution is -2.18. The maximum atomic E-state index is 14.7. The van der Waals surface area contributed by atoms with Crippen molar-refractivity contribution in [2.45, 2.75) is 29.6 Å². The summed E-state index contributed by atoms with van der Waals surface area (Å²) in [6.45, 7) is 1.54. The first-order chi connectivity index (χ1) is 12.9. The molecule has 3 rings (SSSR count). The maximum Gasteiger partial charge on any atom is 0.307 e. The molecule has 0 atom stereocenters. The summed E-state index contributed by atoms with van der Waals surface area (Å²) in [5.41, 5.74) is 0.751. The van der Waals surface area contributed by atoms with Crippen molar-refractivity contribution in [1.29, 1.82) is 0 Å². The van der Waals surface area contributed by atoms with Gasteiger partial charge in [-0.3, -0.25) is 9.79 Å². The van der Waals surface area contributed by atoms with Crippen LogP contribution < -0.4 is 0 Å². The zero-order valence-electron chi connectivity index (χ0n) is 14.9. The average molecular weight is 425 g/mol. The molecule has 28 heavy (non-hydrogen) atoms. The van der Waals surface area contributed by atoms with Crippen LogP contribution in [0.15, 0.2) is 72.7 Å². The van der Waals surface area contributed by atoms with Crippen LogP contribution in [0.1, 0.15) is 19.8 Å². The summed E-state index contributed by atoms with van der Waals surface area (Å²) in [6, 6.07) is 4.42. The molecule has 1 aromatic rings. The van der Waals surface area contributed by atoms with Crippen molar-refractivity contribution in [3.05, 3.63) is 57.9 Å². The standard InChI is InChI=1S/C18H16FNO6S2/c1-10-13(9-16(21)22)17-15(20-10)8-7-14(19)18(17)28(25,26)12-5-3-11(4-6-12)27(2,23)24/h3-7H,8-9H2,1-2H3,(H,21,22). The predicted octanol–water partition coefficient (Wildman–Crippen LogP) is 2.58. The summed E-state index contributed by atoms with van der Waals surface area (Å²) < 4.78 is 64.1. The van der Waals surface area contributed by atoms with Crippen molar-refractivity contribution in [2.24, 2.45) is 4.99 Å². The Bertz CT molecular complexity index is 1220. The molecule has 0 spiro atoms. The van der Waals surface area contributed by atoms with Crippen LogP contribution >= 0.6 is 0 Å². The molecule has 10 heteroatoms. The Morgan fingerprint density at radius 3 is 2.25 bits per heavy atom. The van der Waals surface area contributed by atoms with Crippen LogP contribution in [0.2, 0.25) is 0 Å². The van der Waals surface area contributed by atoms with Crippen molar-refractivity contribution in [1.82, 2.24) is 0 Å². The van der Waals surface area contributed by atoms with Crippen molar-refractivity contribution in [3.63, 3.8) is 0 Å². The third-order valence-electron chi connectivity index (χ3n) is 4.41. The number of carboxylic acids is 1. The molecule has 1 heterocycles. The Morgan fingerprint density at radius 2 is 1.71 bits per heavy atom. The van der Waals surface area contributed by atoms with Crippen LogP contribution in [-0.4, -0.2) is 39.9 Å². The molecule has 0 bridgehead atoms. The summed E-state index contributed by atoms with van der Waals surface area (Å²) in [5, 5.41) is 9.14. The van der Waals surface area contributed by atoms with Crippen LogP contribution in [0.25, 0.3) is 0 Å². The molecule has 0 unspecified atom stereocenters. The van der Waals surface area contributed by atoms with E-state index in [1.807, 2.05) is 0 Å². The zero-order chi connectivity index (χ0) is 20.9. The van der Waals surface area contributed by atoms with Crippen molar-refractivity contribution in [2.75, 3.05) is 6.26 Å². The van der Waals surface area contributed by atoms with Gasteiger partial charge in [0.25, 0.3) is 0 Å². The number of aliphatic imine (C=N–C) groups is 1. The second kappa shape index (κ2) is 6.78. The van der Waals surface area contributed by atoms with E-state index in [0.717, 1.165) is 36.6 Å². The third-order valence-corrected chi connectivity index (χ3v) is 7.37. The molecule has 1 aliphatic heterocycles. The van der Waals surface area contributed by atoms with Crippen LogP contribution in [0.3, 0.4) is 0 Å². The molecule has 0 aromatic heterocycles. The number of benzene rings is 1. The van der Waals surface area contributed by atoms with Gasteiger partial charge in [-0.25, -0.2) is 21.2 Å². The van der Waals surface area contributed by atoms with Gasteiger partial charge in [-0.15, -0.1) is 0 Å². The quantitative estimate of drug-likeness (QED) is 0.775. The SMILES string of the molecule is CC1=C(CC(=O)O)C2=C(S(=O)(=O)c3ccc(S(C)(=O)=O)cc3)C(F)=CCC2=N1. The number of halogens is 1. The molecule has 148 valence electrons. The number of carbonyl (C=O) groups is 1. The fourth-order valence-corrected chi connectivity index (χ4v) is 5.32. The van der Waals surface area contributed by atoms with Gasteiger partial charge in [0.2, 0.25) is 9.84 Å². The van der Waals surface area contributed by atoms with Crippen molar-refractivity contribution >= 4 is 31.4 Å². The second-order valence-corrected chi connectivity index (χ2v) is 10.3. The van der Waals surface area contributed by atoms with Crippen LogP contribution in [0.5, 0.6) is 0 Å². The zero-order valence-corrected chi connectivity index (χ0v) is 16.6. The minimum absolute atomic E-state index is 0.0212. The number of fused-ring (bicyclic) bond motifs is 1. The van der Waals surface area contributed by atoms with Gasteiger partial charge in [0.1, 0.15) is 10.7 Å². The van der Waals surface area contributed by atoms with Gasteiger partial charge in [-0.05, 0) is 42.8 Å². The van der Waals surface area contributed by atoms with E-state index in [1.54, 1.807) is 6.92 Å². The highest BCUT2D eigenvalue weighted by atomic mass is 32.2. The molecule has 1 N–H and O–H groups in total. The van der Waals surface area contributed by atoms with Crippen LogP contribution in [-0.2, 0) is 24.5 Å². The molecule has 0 saturated carbocycles. The normalized spacial score (nSPS) is 17.4. The molecule has 1 aliphatic carbocycles. The van der Waals surface area contributed by atoms with Crippen LogP contribution in [0.4, 0.5) is 4.39 Å². The third kappa shape index (κ3) is 3.45. The summed E-state index contributed by atoms with van der Waals surface area (Å²) in [4.78, 5) is 14.4. The fraction of sp³-hybridized carbons (Fsp3) is 0.222. The molecular formula is C18H16FNO6S2. The van der Waals surface area contributed by atoms with Gasteiger partial charge in [-0.2, -0.15) is 0 Å². The Labute approximate surface area is 161 Å². The Morgan fingerprint density at radius 1 is 1.14 bits per heavy atom. The van der Waals surface area contributed by atoms with E-state index >= 15 is 0 Å². The summed E-state index contributed by atoms with van der Waals surface area (Å²) in [7, 11) is -7.91. The monoisotopic (exact) mass is 425 g/mol. The average Bonchev–Trinajstić information content (AvgIpc) is 2.89. The molecular weight excluding hydrogens is 409 g/mol. The fourth-order valence-electron chi connectivity index (χ4n) is 3.11. The molecule has 0 fully saturated rings. The number of carboxylic acid groups (broad SMARTS) is 1. The Balaban J connectivity index is 2.21. The highest BCUT2D eigenvalue weighted by molar-refractivity contribution is 7.95. The number of allylic oxidation sites excluding steroid dienone is 4. The van der Waals surface area contributed by atoms with E-state index in [0.29, 0.717) is 11.4 Å². The highest BCUT2D eigenvalue weighted by Gasteiger charge is 2.37. The lowest BCUT2D eigenvalue weighted by Gasteiger charge is -2.18. The van der Waals surface area contributed by atoms with E-state index < -0.39 is 42.8 Å². The second-order valence-electron chi connectivity index (χ2n) is 6.40.